The molecule has 3 N–H and O–H groups in total. The van der Waals surface area contributed by atoms with Crippen LogP contribution in [0.2, 0.25) is 0 Å². The maximum absolute atomic E-state index is 8.91. The molecule has 1 aromatic carbocycles. The van der Waals surface area contributed by atoms with Gasteiger partial charge in [0.05, 0.1) is 10.2 Å². The maximum atomic E-state index is 8.91. The molecular weight excluding hydrogens is 205 g/mol. The van der Waals surface area contributed by atoms with Crippen molar-refractivity contribution < 1.29 is 10.0 Å². The molecule has 0 spiro atoms. The number of thiazole rings is 1. The van der Waals surface area contributed by atoms with Gasteiger partial charge >= 0.3 is 7.12 Å². The molecular formula is C7H6BNO2S2. The van der Waals surface area contributed by atoms with E-state index in [1.165, 1.54) is 11.3 Å². The number of aromatic amines is 1. The lowest BCUT2D eigenvalue weighted by molar-refractivity contribution is 0.426. The van der Waals surface area contributed by atoms with E-state index in [-0.39, 0.29) is 0 Å². The SMILES string of the molecule is OB(O)c1ccc2[nH]c(=S)sc2c1. The minimum Gasteiger partial charge on any atom is -0.423 e. The number of rotatable bonds is 1. The van der Waals surface area contributed by atoms with Gasteiger partial charge in [0.15, 0.2) is 3.95 Å². The Bertz CT molecular complexity index is 490. The van der Waals surface area contributed by atoms with Crippen LogP contribution in [0.3, 0.4) is 0 Å². The first-order valence-corrected chi connectivity index (χ1v) is 4.88. The Morgan fingerprint density at radius 3 is 2.85 bits per heavy atom. The summed E-state index contributed by atoms with van der Waals surface area (Å²) in [7, 11) is -1.42. The molecule has 0 aliphatic carbocycles. The number of hydrogen-bond acceptors (Lipinski definition) is 4. The third-order valence-electron chi connectivity index (χ3n) is 1.74. The Hall–Kier alpha value is -0.685. The van der Waals surface area contributed by atoms with E-state index in [0.29, 0.717) is 9.42 Å². The first kappa shape index (κ1) is 8.89. The molecule has 6 heteroatoms. The summed E-state index contributed by atoms with van der Waals surface area (Å²) >= 11 is 6.38. The third-order valence-corrected chi connectivity index (χ3v) is 2.94. The summed E-state index contributed by atoms with van der Waals surface area (Å²) in [5.74, 6) is 0. The van der Waals surface area contributed by atoms with Crippen molar-refractivity contribution in [2.45, 2.75) is 0 Å². The molecule has 0 aliphatic heterocycles. The second kappa shape index (κ2) is 3.23. The van der Waals surface area contributed by atoms with Gasteiger partial charge in [-0.3, -0.25) is 0 Å². The standard InChI is InChI=1S/C7H6BNO2S2/c10-8(11)4-1-2-5-6(3-4)13-7(12)9-5/h1-3,10-11H,(H,9,12). The van der Waals surface area contributed by atoms with Crippen LogP contribution in [0.5, 0.6) is 0 Å². The molecule has 0 aliphatic rings. The van der Waals surface area contributed by atoms with Crippen LogP contribution in [-0.2, 0) is 0 Å². The second-order valence-electron chi connectivity index (χ2n) is 2.64. The van der Waals surface area contributed by atoms with Gasteiger partial charge < -0.3 is 15.0 Å². The minimum absolute atomic E-state index is 0.484. The third kappa shape index (κ3) is 1.66. The summed E-state index contributed by atoms with van der Waals surface area (Å²) in [6, 6.07) is 5.17. The van der Waals surface area contributed by atoms with Crippen molar-refractivity contribution in [1.82, 2.24) is 4.98 Å². The van der Waals surface area contributed by atoms with Gasteiger partial charge in [-0.1, -0.05) is 6.07 Å². The fourth-order valence-corrected chi connectivity index (χ4v) is 2.29. The lowest BCUT2D eigenvalue weighted by Crippen LogP contribution is -2.29. The van der Waals surface area contributed by atoms with Crippen LogP contribution in [0.25, 0.3) is 10.2 Å². The van der Waals surface area contributed by atoms with Gasteiger partial charge in [-0.2, -0.15) is 0 Å². The molecule has 1 heterocycles. The molecule has 0 atom stereocenters. The Kier molecular flexibility index (Phi) is 2.21. The molecule has 0 saturated heterocycles. The highest BCUT2D eigenvalue weighted by molar-refractivity contribution is 7.73. The van der Waals surface area contributed by atoms with Gasteiger partial charge in [-0.25, -0.2) is 0 Å². The summed E-state index contributed by atoms with van der Waals surface area (Å²) in [5, 5.41) is 17.8. The van der Waals surface area contributed by atoms with Crippen LogP contribution in [0, 0.1) is 3.95 Å². The summed E-state index contributed by atoms with van der Waals surface area (Å²) in [5.41, 5.74) is 1.41. The maximum Gasteiger partial charge on any atom is 0.488 e. The Morgan fingerprint density at radius 2 is 2.15 bits per heavy atom. The lowest BCUT2D eigenvalue weighted by atomic mass is 9.80. The van der Waals surface area contributed by atoms with Crippen molar-refractivity contribution in [3.63, 3.8) is 0 Å². The Labute approximate surface area is 83.8 Å². The fourth-order valence-electron chi connectivity index (χ4n) is 1.12. The van der Waals surface area contributed by atoms with Gasteiger partial charge in [0.1, 0.15) is 0 Å². The van der Waals surface area contributed by atoms with Gasteiger partial charge in [-0.15, -0.1) is 11.3 Å². The molecule has 2 rings (SSSR count). The van der Waals surface area contributed by atoms with E-state index < -0.39 is 7.12 Å². The highest BCUT2D eigenvalue weighted by Gasteiger charge is 2.11. The number of nitrogens with one attached hydrogen (secondary N) is 1. The summed E-state index contributed by atoms with van der Waals surface area (Å²) in [6.45, 7) is 0. The summed E-state index contributed by atoms with van der Waals surface area (Å²) in [4.78, 5) is 2.99. The van der Waals surface area contributed by atoms with E-state index in [9.17, 15) is 0 Å². The van der Waals surface area contributed by atoms with E-state index in [0.717, 1.165) is 10.2 Å². The van der Waals surface area contributed by atoms with Crippen LogP contribution in [0.15, 0.2) is 18.2 Å². The van der Waals surface area contributed by atoms with Gasteiger partial charge in [0, 0.05) is 0 Å². The van der Waals surface area contributed by atoms with Gasteiger partial charge in [0.25, 0.3) is 0 Å². The van der Waals surface area contributed by atoms with E-state index in [1.807, 2.05) is 0 Å². The van der Waals surface area contributed by atoms with E-state index in [1.54, 1.807) is 18.2 Å². The van der Waals surface area contributed by atoms with Crippen molar-refractivity contribution in [1.29, 1.82) is 0 Å². The molecule has 0 saturated carbocycles. The minimum atomic E-state index is -1.42. The number of hydrogen-bond donors (Lipinski definition) is 3. The largest absolute Gasteiger partial charge is 0.488 e. The molecule has 0 fully saturated rings. The summed E-state index contributed by atoms with van der Waals surface area (Å²) in [6.07, 6.45) is 0. The van der Waals surface area contributed by atoms with Crippen molar-refractivity contribution in [3.8, 4) is 0 Å². The van der Waals surface area contributed by atoms with Crippen LogP contribution in [0.4, 0.5) is 0 Å². The van der Waals surface area contributed by atoms with Gasteiger partial charge in [0.2, 0.25) is 0 Å². The number of aromatic nitrogens is 1. The molecule has 1 aromatic heterocycles. The van der Waals surface area contributed by atoms with Crippen molar-refractivity contribution >= 4 is 46.4 Å². The molecule has 0 amide bonds. The fraction of sp³-hybridized carbons (Fsp3) is 0. The normalized spacial score (nSPS) is 10.6. The van der Waals surface area contributed by atoms with Crippen LogP contribution in [0.1, 0.15) is 0 Å². The molecule has 2 aromatic rings. The zero-order valence-electron chi connectivity index (χ0n) is 6.52. The average molecular weight is 211 g/mol. The van der Waals surface area contributed by atoms with Crippen LogP contribution in [-0.4, -0.2) is 22.2 Å². The Balaban J connectivity index is 2.68. The second-order valence-corrected chi connectivity index (χ2v) is 4.36. The smallest absolute Gasteiger partial charge is 0.423 e. The summed E-state index contributed by atoms with van der Waals surface area (Å²) < 4.78 is 1.63. The number of benzene rings is 1. The first-order valence-electron chi connectivity index (χ1n) is 3.66. The van der Waals surface area contributed by atoms with Crippen LogP contribution >= 0.6 is 23.6 Å². The van der Waals surface area contributed by atoms with E-state index in [4.69, 9.17) is 22.3 Å². The zero-order chi connectivity index (χ0) is 9.42. The van der Waals surface area contributed by atoms with Crippen molar-refractivity contribution in [2.24, 2.45) is 0 Å². The number of fused-ring (bicyclic) bond motifs is 1. The van der Waals surface area contributed by atoms with Gasteiger partial charge in [-0.05, 0) is 29.8 Å². The average Bonchev–Trinajstić information content (AvgIpc) is 2.42. The predicted octanol–water partition coefficient (Wildman–Crippen LogP) is 0.639. The molecule has 66 valence electrons. The molecule has 0 bridgehead atoms. The topological polar surface area (TPSA) is 56.2 Å². The highest BCUT2D eigenvalue weighted by atomic mass is 32.1. The van der Waals surface area contributed by atoms with Crippen LogP contribution < -0.4 is 5.46 Å². The highest BCUT2D eigenvalue weighted by Crippen LogP contribution is 2.17. The zero-order valence-corrected chi connectivity index (χ0v) is 8.15. The lowest BCUT2D eigenvalue weighted by Gasteiger charge is -1.97. The van der Waals surface area contributed by atoms with E-state index in [2.05, 4.69) is 4.98 Å². The van der Waals surface area contributed by atoms with Crippen molar-refractivity contribution in [3.05, 3.63) is 22.2 Å². The van der Waals surface area contributed by atoms with Crippen molar-refractivity contribution in [2.75, 3.05) is 0 Å². The Morgan fingerprint density at radius 1 is 1.38 bits per heavy atom. The molecule has 0 radical (unpaired) electrons. The molecule has 3 nitrogen and oxygen atoms in total. The molecule has 13 heavy (non-hydrogen) atoms. The quantitative estimate of drug-likeness (QED) is 0.479. The van der Waals surface area contributed by atoms with E-state index >= 15 is 0 Å². The monoisotopic (exact) mass is 211 g/mol. The predicted molar refractivity (Wildman–Crippen MR) is 56.8 cm³/mol. The molecule has 0 unspecified atom stereocenters. The number of H-pyrrole nitrogens is 1. The first-order chi connectivity index (χ1) is 6.16.